The first kappa shape index (κ1) is 11.9. The zero-order chi connectivity index (χ0) is 11.8. The third kappa shape index (κ3) is 2.55. The van der Waals surface area contributed by atoms with E-state index in [-0.39, 0.29) is 5.91 Å². The van der Waals surface area contributed by atoms with Gasteiger partial charge in [-0.2, -0.15) is 0 Å². The zero-order valence-electron chi connectivity index (χ0n) is 10.4. The van der Waals surface area contributed by atoms with Gasteiger partial charge in [-0.3, -0.25) is 4.79 Å². The number of rotatable bonds is 3. The minimum Gasteiger partial charge on any atom is -0.344 e. The van der Waals surface area contributed by atoms with Crippen LogP contribution in [0, 0.1) is 5.92 Å². The lowest BCUT2D eigenvalue weighted by molar-refractivity contribution is -0.133. The Morgan fingerprint density at radius 1 is 1.56 bits per heavy atom. The molecule has 4 nitrogen and oxygen atoms in total. The first-order valence-electron chi connectivity index (χ1n) is 6.24. The van der Waals surface area contributed by atoms with E-state index < -0.39 is 5.54 Å². The Hall–Kier alpha value is -0.610. The average Bonchev–Trinajstić information content (AvgIpc) is 2.96. The molecule has 1 amide bonds. The van der Waals surface area contributed by atoms with E-state index in [1.165, 1.54) is 19.4 Å². The van der Waals surface area contributed by atoms with Gasteiger partial charge >= 0.3 is 0 Å². The summed E-state index contributed by atoms with van der Waals surface area (Å²) in [5.74, 6) is 0.760. The van der Waals surface area contributed by atoms with Crippen LogP contribution in [-0.4, -0.2) is 55.0 Å². The third-order valence-electron chi connectivity index (χ3n) is 3.82. The number of nitrogens with two attached hydrogens (primary N) is 1. The topological polar surface area (TPSA) is 49.6 Å². The van der Waals surface area contributed by atoms with Crippen molar-refractivity contribution in [2.24, 2.45) is 11.7 Å². The van der Waals surface area contributed by atoms with Gasteiger partial charge < -0.3 is 15.5 Å². The molecule has 2 rings (SSSR count). The molecule has 4 heteroatoms. The molecule has 2 fully saturated rings. The van der Waals surface area contributed by atoms with Crippen molar-refractivity contribution in [3.63, 3.8) is 0 Å². The van der Waals surface area contributed by atoms with Crippen molar-refractivity contribution in [3.8, 4) is 0 Å². The molecule has 1 atom stereocenters. The van der Waals surface area contributed by atoms with Crippen molar-refractivity contribution in [2.45, 2.75) is 31.2 Å². The van der Waals surface area contributed by atoms with Crippen LogP contribution in [0.15, 0.2) is 0 Å². The summed E-state index contributed by atoms with van der Waals surface area (Å²) in [5, 5.41) is 0. The highest BCUT2D eigenvalue weighted by molar-refractivity contribution is 5.88. The monoisotopic (exact) mass is 225 g/mol. The molecule has 1 heterocycles. The van der Waals surface area contributed by atoms with E-state index in [1.54, 1.807) is 0 Å². The fourth-order valence-corrected chi connectivity index (χ4v) is 2.62. The van der Waals surface area contributed by atoms with Gasteiger partial charge in [-0.15, -0.1) is 0 Å². The number of hydrogen-bond acceptors (Lipinski definition) is 3. The maximum atomic E-state index is 12.0. The standard InChI is InChI=1S/C12H23N3O/c1-14-7-3-4-10(8-14)9-15(2)11(16)12(13)5-6-12/h10H,3-9,13H2,1-2H3. The molecule has 0 aromatic carbocycles. The molecule has 0 spiro atoms. The predicted molar refractivity (Wildman–Crippen MR) is 64.0 cm³/mol. The number of amides is 1. The van der Waals surface area contributed by atoms with Crippen LogP contribution < -0.4 is 5.73 Å². The number of carbonyl (C=O) groups is 1. The third-order valence-corrected chi connectivity index (χ3v) is 3.82. The second-order valence-corrected chi connectivity index (χ2v) is 5.61. The Balaban J connectivity index is 1.82. The summed E-state index contributed by atoms with van der Waals surface area (Å²) in [5.41, 5.74) is 5.42. The summed E-state index contributed by atoms with van der Waals surface area (Å²) in [6.07, 6.45) is 4.21. The molecule has 0 bridgehead atoms. The van der Waals surface area contributed by atoms with Gasteiger partial charge in [0, 0.05) is 20.1 Å². The number of hydrogen-bond donors (Lipinski definition) is 1. The fourth-order valence-electron chi connectivity index (χ4n) is 2.62. The molecule has 0 aromatic heterocycles. The lowest BCUT2D eigenvalue weighted by Crippen LogP contribution is -2.47. The molecule has 2 aliphatic rings. The maximum absolute atomic E-state index is 12.0. The Bertz CT molecular complexity index is 275. The van der Waals surface area contributed by atoms with E-state index in [0.717, 1.165) is 25.9 Å². The molecule has 16 heavy (non-hydrogen) atoms. The summed E-state index contributed by atoms with van der Waals surface area (Å²) in [7, 11) is 4.04. The molecule has 1 saturated heterocycles. The second-order valence-electron chi connectivity index (χ2n) is 5.61. The van der Waals surface area contributed by atoms with E-state index in [0.29, 0.717) is 5.92 Å². The van der Waals surface area contributed by atoms with Gasteiger partial charge in [-0.25, -0.2) is 0 Å². The zero-order valence-corrected chi connectivity index (χ0v) is 10.4. The molecule has 0 radical (unpaired) electrons. The lowest BCUT2D eigenvalue weighted by atomic mass is 9.98. The molecule has 1 aliphatic heterocycles. The van der Waals surface area contributed by atoms with Crippen molar-refractivity contribution in [1.82, 2.24) is 9.80 Å². The summed E-state index contributed by atoms with van der Waals surface area (Å²) >= 11 is 0. The quantitative estimate of drug-likeness (QED) is 0.750. The molecule has 2 N–H and O–H groups in total. The van der Waals surface area contributed by atoms with Crippen LogP contribution >= 0.6 is 0 Å². The number of nitrogens with zero attached hydrogens (tertiary/aromatic N) is 2. The minimum absolute atomic E-state index is 0.140. The number of carbonyl (C=O) groups excluding carboxylic acids is 1. The Morgan fingerprint density at radius 2 is 2.25 bits per heavy atom. The SMILES string of the molecule is CN1CCCC(CN(C)C(=O)C2(N)CC2)C1. The van der Waals surface area contributed by atoms with Gasteiger partial charge in [-0.05, 0) is 45.2 Å². The predicted octanol–water partition coefficient (Wildman–Crippen LogP) is 0.278. The van der Waals surface area contributed by atoms with Crippen molar-refractivity contribution < 1.29 is 4.79 Å². The first-order chi connectivity index (χ1) is 7.51. The molecule has 1 unspecified atom stereocenters. The number of likely N-dealkylation sites (tertiary alicyclic amines) is 1. The van der Waals surface area contributed by atoms with Gasteiger partial charge in [0.15, 0.2) is 0 Å². The average molecular weight is 225 g/mol. The van der Waals surface area contributed by atoms with Crippen LogP contribution in [0.2, 0.25) is 0 Å². The molecule has 1 aliphatic carbocycles. The molecular weight excluding hydrogens is 202 g/mol. The molecule has 1 saturated carbocycles. The van der Waals surface area contributed by atoms with Gasteiger partial charge in [0.25, 0.3) is 0 Å². The summed E-state index contributed by atoms with van der Waals surface area (Å²) in [6.45, 7) is 3.16. The van der Waals surface area contributed by atoms with Crippen molar-refractivity contribution in [1.29, 1.82) is 0 Å². The van der Waals surface area contributed by atoms with Crippen LogP contribution in [-0.2, 0) is 4.79 Å². The normalized spacial score (nSPS) is 28.8. The van der Waals surface area contributed by atoms with Gasteiger partial charge in [0.1, 0.15) is 0 Å². The second kappa shape index (κ2) is 4.34. The first-order valence-corrected chi connectivity index (χ1v) is 6.24. The molecular formula is C12H23N3O. The summed E-state index contributed by atoms with van der Waals surface area (Å²) < 4.78 is 0. The van der Waals surface area contributed by atoms with Crippen molar-refractivity contribution in [2.75, 3.05) is 33.7 Å². The maximum Gasteiger partial charge on any atom is 0.242 e. The van der Waals surface area contributed by atoms with Gasteiger partial charge in [0.05, 0.1) is 5.54 Å². The summed E-state index contributed by atoms with van der Waals surface area (Å²) in [6, 6.07) is 0. The molecule has 0 aromatic rings. The number of piperidine rings is 1. The Labute approximate surface area is 97.8 Å². The van der Waals surface area contributed by atoms with Crippen LogP contribution in [0.5, 0.6) is 0 Å². The van der Waals surface area contributed by atoms with Crippen LogP contribution in [0.3, 0.4) is 0 Å². The smallest absolute Gasteiger partial charge is 0.242 e. The lowest BCUT2D eigenvalue weighted by Gasteiger charge is -2.33. The van der Waals surface area contributed by atoms with E-state index in [1.807, 2.05) is 11.9 Å². The number of likely N-dealkylation sites (N-methyl/N-ethyl adjacent to an activating group) is 1. The van der Waals surface area contributed by atoms with Crippen LogP contribution in [0.4, 0.5) is 0 Å². The van der Waals surface area contributed by atoms with E-state index >= 15 is 0 Å². The van der Waals surface area contributed by atoms with E-state index in [4.69, 9.17) is 5.73 Å². The van der Waals surface area contributed by atoms with E-state index in [9.17, 15) is 4.79 Å². The van der Waals surface area contributed by atoms with Crippen LogP contribution in [0.1, 0.15) is 25.7 Å². The minimum atomic E-state index is -0.505. The fraction of sp³-hybridized carbons (Fsp3) is 0.917. The Morgan fingerprint density at radius 3 is 2.81 bits per heavy atom. The highest BCUT2D eigenvalue weighted by atomic mass is 16.2. The highest BCUT2D eigenvalue weighted by Crippen LogP contribution is 2.34. The summed E-state index contributed by atoms with van der Waals surface area (Å²) in [4.78, 5) is 16.2. The molecule has 92 valence electrons. The Kier molecular flexibility index (Phi) is 3.22. The van der Waals surface area contributed by atoms with Crippen LogP contribution in [0.25, 0.3) is 0 Å². The van der Waals surface area contributed by atoms with Crippen molar-refractivity contribution in [3.05, 3.63) is 0 Å². The largest absolute Gasteiger partial charge is 0.344 e. The van der Waals surface area contributed by atoms with Gasteiger partial charge in [0.2, 0.25) is 5.91 Å². The highest BCUT2D eigenvalue weighted by Gasteiger charge is 2.47. The van der Waals surface area contributed by atoms with Gasteiger partial charge in [-0.1, -0.05) is 0 Å². The van der Waals surface area contributed by atoms with E-state index in [2.05, 4.69) is 11.9 Å². The van der Waals surface area contributed by atoms with Crippen molar-refractivity contribution >= 4 is 5.91 Å².